The maximum Gasteiger partial charge on any atom is 0.184 e. The summed E-state index contributed by atoms with van der Waals surface area (Å²) < 4.78 is 6.86. The molecule has 0 bridgehead atoms. The number of hydrogen-bond donors (Lipinski definition) is 1. The first-order valence-corrected chi connectivity index (χ1v) is 20.1. The van der Waals surface area contributed by atoms with Crippen molar-refractivity contribution in [3.8, 4) is 0 Å². The fourth-order valence-corrected chi connectivity index (χ4v) is 11.7. The van der Waals surface area contributed by atoms with Gasteiger partial charge in [-0.25, -0.2) is 0 Å². The number of carbonyl (C=O) groups is 1. The zero-order valence-electron chi connectivity index (χ0n) is 20.3. The van der Waals surface area contributed by atoms with Crippen LogP contribution >= 0.6 is 0 Å². The van der Waals surface area contributed by atoms with E-state index in [1.54, 1.807) is 0 Å². The lowest BCUT2D eigenvalue weighted by atomic mass is 9.92. The fourth-order valence-electron chi connectivity index (χ4n) is 4.15. The molecule has 1 fully saturated rings. The highest BCUT2D eigenvalue weighted by Gasteiger charge is 2.60. The Morgan fingerprint density at radius 3 is 1.59 bits per heavy atom. The van der Waals surface area contributed by atoms with E-state index in [9.17, 15) is 9.90 Å². The van der Waals surface area contributed by atoms with Crippen LogP contribution in [0.25, 0.3) is 0 Å². The van der Waals surface area contributed by atoms with E-state index in [4.69, 9.17) is 4.43 Å². The SMILES string of the molecule is CC(C)(C)[Si](C)(C)[C@@H]1CC(O)C(=O)[C@@H]([Si](C)(C)C(C)(C)C)C1O[Si](C)(C)C. The molecule has 0 aromatic rings. The predicted molar refractivity (Wildman–Crippen MR) is 126 cm³/mol. The highest BCUT2D eigenvalue weighted by molar-refractivity contribution is 6.86. The second-order valence-corrected chi connectivity index (χ2v) is 28.6. The Balaban J connectivity index is 3.64. The number of hydrogen-bond acceptors (Lipinski definition) is 3. The molecule has 0 spiro atoms. The summed E-state index contributed by atoms with van der Waals surface area (Å²) in [6.45, 7) is 30.0. The lowest BCUT2D eigenvalue weighted by Crippen LogP contribution is -2.62. The molecule has 4 atom stereocenters. The average molecular weight is 431 g/mol. The van der Waals surface area contributed by atoms with Gasteiger partial charge in [-0.3, -0.25) is 4.79 Å². The van der Waals surface area contributed by atoms with Gasteiger partial charge in [-0.1, -0.05) is 67.7 Å². The molecule has 6 heteroatoms. The summed E-state index contributed by atoms with van der Waals surface area (Å²) in [7, 11) is -5.70. The van der Waals surface area contributed by atoms with Gasteiger partial charge in [-0.2, -0.15) is 0 Å². The van der Waals surface area contributed by atoms with Crippen LogP contribution in [-0.2, 0) is 9.22 Å². The van der Waals surface area contributed by atoms with Gasteiger partial charge in [0.15, 0.2) is 14.1 Å². The first-order valence-electron chi connectivity index (χ1n) is 10.5. The summed E-state index contributed by atoms with van der Waals surface area (Å²) in [5.41, 5.74) is 0.170. The van der Waals surface area contributed by atoms with Crippen LogP contribution in [0.3, 0.4) is 0 Å². The van der Waals surface area contributed by atoms with Crippen LogP contribution in [0.5, 0.6) is 0 Å². The lowest BCUT2D eigenvalue weighted by molar-refractivity contribution is -0.132. The van der Waals surface area contributed by atoms with Gasteiger partial charge in [0.2, 0.25) is 0 Å². The molecule has 27 heavy (non-hydrogen) atoms. The summed E-state index contributed by atoms with van der Waals surface area (Å²) in [4.78, 5) is 13.4. The molecular formula is C21H46O3Si3. The Hall–Kier alpha value is 0.241. The Kier molecular flexibility index (Phi) is 7.01. The van der Waals surface area contributed by atoms with Crippen molar-refractivity contribution in [2.75, 3.05) is 0 Å². The molecule has 1 rings (SSSR count). The van der Waals surface area contributed by atoms with E-state index in [-0.39, 0.29) is 27.5 Å². The van der Waals surface area contributed by atoms with E-state index >= 15 is 0 Å². The lowest BCUT2D eigenvalue weighted by Gasteiger charge is -2.56. The van der Waals surface area contributed by atoms with Crippen molar-refractivity contribution in [3.63, 3.8) is 0 Å². The van der Waals surface area contributed by atoms with E-state index < -0.39 is 30.6 Å². The van der Waals surface area contributed by atoms with E-state index in [1.165, 1.54) is 0 Å². The number of Topliss-reactive ketones (excluding diaryl/α,β-unsaturated/α-hetero) is 1. The molecule has 0 aromatic carbocycles. The van der Waals surface area contributed by atoms with Crippen LogP contribution in [0.1, 0.15) is 48.0 Å². The van der Waals surface area contributed by atoms with Crippen molar-refractivity contribution in [1.29, 1.82) is 0 Å². The molecule has 1 aliphatic rings. The molecule has 0 aromatic heterocycles. The first-order chi connectivity index (χ1) is 11.6. The van der Waals surface area contributed by atoms with Gasteiger partial charge in [0.25, 0.3) is 0 Å². The van der Waals surface area contributed by atoms with Crippen molar-refractivity contribution < 1.29 is 14.3 Å². The standard InChI is InChI=1S/C21H46O3Si3/c1-20(2,3)26(10,11)16-14-15(22)17(23)19(18(16)24-25(7,8)9)27(12,13)21(4,5)6/h15-16,18-19,22H,14H2,1-13H3/t15?,16-,18?,19-/m1/s1. The number of aliphatic hydroxyl groups excluding tert-OH is 1. The molecule has 0 amide bonds. The third-order valence-electron chi connectivity index (χ3n) is 7.90. The predicted octanol–water partition coefficient (Wildman–Crippen LogP) is 6.30. The van der Waals surface area contributed by atoms with Crippen molar-refractivity contribution in [3.05, 3.63) is 0 Å². The molecule has 0 heterocycles. The zero-order chi connectivity index (χ0) is 21.8. The van der Waals surface area contributed by atoms with Crippen molar-refractivity contribution in [2.24, 2.45) is 0 Å². The van der Waals surface area contributed by atoms with Gasteiger partial charge in [0, 0.05) is 5.54 Å². The van der Waals surface area contributed by atoms with Crippen molar-refractivity contribution in [1.82, 2.24) is 0 Å². The third-order valence-corrected chi connectivity index (χ3v) is 21.2. The Labute approximate surface area is 171 Å². The maximum atomic E-state index is 13.4. The quantitative estimate of drug-likeness (QED) is 0.532. The molecule has 160 valence electrons. The molecule has 1 aliphatic carbocycles. The molecule has 2 unspecified atom stereocenters. The molecule has 3 nitrogen and oxygen atoms in total. The van der Waals surface area contributed by atoms with Crippen LogP contribution in [0.2, 0.25) is 67.0 Å². The smallest absolute Gasteiger partial charge is 0.184 e. The van der Waals surface area contributed by atoms with Crippen molar-refractivity contribution >= 4 is 30.2 Å². The topological polar surface area (TPSA) is 46.5 Å². The Morgan fingerprint density at radius 2 is 1.26 bits per heavy atom. The monoisotopic (exact) mass is 430 g/mol. The van der Waals surface area contributed by atoms with Gasteiger partial charge >= 0.3 is 0 Å². The molecule has 0 saturated heterocycles. The number of rotatable bonds is 4. The Bertz CT molecular complexity index is 550. The van der Waals surface area contributed by atoms with E-state index in [0.717, 1.165) is 0 Å². The van der Waals surface area contributed by atoms with Crippen LogP contribution < -0.4 is 0 Å². The molecule has 1 saturated carbocycles. The summed E-state index contributed by atoms with van der Waals surface area (Å²) in [6, 6.07) is 0. The van der Waals surface area contributed by atoms with Crippen LogP contribution in [0.15, 0.2) is 0 Å². The van der Waals surface area contributed by atoms with E-state index in [1.807, 2.05) is 0 Å². The minimum absolute atomic E-state index is 0.0330. The van der Waals surface area contributed by atoms with Gasteiger partial charge in [-0.05, 0) is 41.7 Å². The van der Waals surface area contributed by atoms with E-state index in [2.05, 4.69) is 87.4 Å². The second-order valence-electron chi connectivity index (χ2n) is 12.9. The highest BCUT2D eigenvalue weighted by Crippen LogP contribution is 2.57. The highest BCUT2D eigenvalue weighted by atomic mass is 28.4. The number of aliphatic hydroxyl groups is 1. The minimum Gasteiger partial charge on any atom is -0.414 e. The van der Waals surface area contributed by atoms with E-state index in [0.29, 0.717) is 12.0 Å². The van der Waals surface area contributed by atoms with Gasteiger partial charge in [0.05, 0.1) is 22.3 Å². The summed E-state index contributed by atoms with van der Waals surface area (Å²) in [6.07, 6.45) is -0.283. The summed E-state index contributed by atoms with van der Waals surface area (Å²) in [5, 5.41) is 11.1. The summed E-state index contributed by atoms with van der Waals surface area (Å²) in [5.74, 6) is 0.0554. The second kappa shape index (κ2) is 7.49. The van der Waals surface area contributed by atoms with Crippen LogP contribution in [0.4, 0.5) is 0 Å². The van der Waals surface area contributed by atoms with Crippen LogP contribution in [0, 0.1) is 0 Å². The maximum absolute atomic E-state index is 13.4. The first kappa shape index (κ1) is 25.3. The average Bonchev–Trinajstić information content (AvgIpc) is 2.37. The number of carbonyl (C=O) groups excluding carboxylic acids is 1. The van der Waals surface area contributed by atoms with Gasteiger partial charge in [0.1, 0.15) is 6.10 Å². The Morgan fingerprint density at radius 1 is 0.852 bits per heavy atom. The molecule has 0 aliphatic heterocycles. The largest absolute Gasteiger partial charge is 0.414 e. The zero-order valence-corrected chi connectivity index (χ0v) is 23.3. The third kappa shape index (κ3) is 5.05. The summed E-state index contributed by atoms with van der Waals surface area (Å²) >= 11 is 0. The molecule has 0 radical (unpaired) electrons. The minimum atomic E-state index is -2.04. The van der Waals surface area contributed by atoms with Gasteiger partial charge < -0.3 is 9.53 Å². The molecular weight excluding hydrogens is 384 g/mol. The molecule has 1 N–H and O–H groups in total. The fraction of sp³-hybridized carbons (Fsp3) is 0.952. The van der Waals surface area contributed by atoms with Gasteiger partial charge in [-0.15, -0.1) is 0 Å². The van der Waals surface area contributed by atoms with Crippen LogP contribution in [-0.4, -0.2) is 47.6 Å². The van der Waals surface area contributed by atoms with Crippen molar-refractivity contribution in [2.45, 2.75) is 127 Å². The normalized spacial score (nSPS) is 29.2. The number of ketones is 1.